The molecule has 2 heterocycles. The van der Waals surface area contributed by atoms with Gasteiger partial charge in [-0.05, 0) is 37.1 Å². The Bertz CT molecular complexity index is 594. The third-order valence-electron chi connectivity index (χ3n) is 3.48. The van der Waals surface area contributed by atoms with Crippen molar-refractivity contribution in [2.45, 2.75) is 24.9 Å². The quantitative estimate of drug-likeness (QED) is 0.896. The number of nitrogens with zero attached hydrogens (tertiary/aromatic N) is 2. The molecule has 0 amide bonds. The molecule has 0 radical (unpaired) electrons. The van der Waals surface area contributed by atoms with E-state index < -0.39 is 5.60 Å². The number of hydrogen-bond acceptors (Lipinski definition) is 5. The summed E-state index contributed by atoms with van der Waals surface area (Å²) in [7, 11) is 0. The number of nitrogens with one attached hydrogen (secondary N) is 1. The van der Waals surface area contributed by atoms with Gasteiger partial charge in [-0.25, -0.2) is 0 Å². The predicted octanol–water partition coefficient (Wildman–Crippen LogP) is 1.99. The Kier molecular flexibility index (Phi) is 3.87. The first-order valence-electron chi connectivity index (χ1n) is 6.66. The molecule has 0 spiro atoms. The number of halogens is 1. The Labute approximate surface area is 125 Å². The van der Waals surface area contributed by atoms with Crippen molar-refractivity contribution in [3.05, 3.63) is 46.0 Å². The van der Waals surface area contributed by atoms with E-state index in [1.165, 1.54) is 0 Å². The van der Waals surface area contributed by atoms with Crippen molar-refractivity contribution in [1.82, 2.24) is 15.5 Å². The zero-order valence-electron chi connectivity index (χ0n) is 11.0. The average Bonchev–Trinajstić information content (AvgIpc) is 2.89. The molecule has 2 aromatic rings. The predicted molar refractivity (Wildman–Crippen MR) is 77.2 cm³/mol. The smallest absolute Gasteiger partial charge is 0.259 e. The molecule has 1 fully saturated rings. The Morgan fingerprint density at radius 1 is 1.45 bits per heavy atom. The van der Waals surface area contributed by atoms with Crippen molar-refractivity contribution in [3.63, 3.8) is 0 Å². The first-order valence-corrected chi connectivity index (χ1v) is 7.46. The van der Waals surface area contributed by atoms with Gasteiger partial charge in [-0.3, -0.25) is 0 Å². The molecule has 1 aromatic heterocycles. The highest BCUT2D eigenvalue weighted by molar-refractivity contribution is 9.10. The summed E-state index contributed by atoms with van der Waals surface area (Å²) in [6.07, 6.45) is 2.14. The maximum absolute atomic E-state index is 10.5. The number of rotatable bonds is 3. The van der Waals surface area contributed by atoms with Gasteiger partial charge >= 0.3 is 0 Å². The molecule has 1 atom stereocenters. The van der Waals surface area contributed by atoms with Crippen LogP contribution < -0.4 is 5.32 Å². The molecule has 1 unspecified atom stereocenters. The van der Waals surface area contributed by atoms with Crippen LogP contribution in [-0.4, -0.2) is 28.3 Å². The number of benzene rings is 1. The zero-order valence-corrected chi connectivity index (χ0v) is 12.6. The second-order valence-electron chi connectivity index (χ2n) is 5.13. The fraction of sp³-hybridized carbons (Fsp3) is 0.429. The first kappa shape index (κ1) is 13.7. The molecule has 3 rings (SSSR count). The van der Waals surface area contributed by atoms with E-state index in [0.717, 1.165) is 23.0 Å². The van der Waals surface area contributed by atoms with E-state index in [2.05, 4.69) is 31.4 Å². The molecule has 0 bridgehead atoms. The van der Waals surface area contributed by atoms with E-state index in [4.69, 9.17) is 4.52 Å². The van der Waals surface area contributed by atoms with E-state index in [0.29, 0.717) is 31.1 Å². The lowest BCUT2D eigenvalue weighted by Crippen LogP contribution is -2.43. The van der Waals surface area contributed by atoms with Crippen LogP contribution in [0.2, 0.25) is 0 Å². The van der Waals surface area contributed by atoms with Gasteiger partial charge in [0.05, 0.1) is 0 Å². The van der Waals surface area contributed by atoms with E-state index in [1.807, 2.05) is 24.3 Å². The third-order valence-corrected chi connectivity index (χ3v) is 3.97. The van der Waals surface area contributed by atoms with E-state index in [9.17, 15) is 5.11 Å². The minimum atomic E-state index is -1.03. The normalized spacial score (nSPS) is 22.9. The molecule has 2 N–H and O–H groups in total. The molecular formula is C14H16BrN3O2. The molecule has 1 saturated heterocycles. The number of piperidine rings is 1. The summed E-state index contributed by atoms with van der Waals surface area (Å²) in [4.78, 5) is 4.35. The highest BCUT2D eigenvalue weighted by atomic mass is 79.9. The molecule has 1 aliphatic heterocycles. The molecule has 1 aromatic carbocycles. The van der Waals surface area contributed by atoms with Gasteiger partial charge in [0, 0.05) is 17.4 Å². The topological polar surface area (TPSA) is 71.2 Å². The standard InChI is InChI=1S/C14H16BrN3O2/c15-11-4-1-3-10(7-11)8-12-17-13(20-18-12)14(19)5-2-6-16-9-14/h1,3-4,7,16,19H,2,5-6,8-9H2. The lowest BCUT2D eigenvalue weighted by molar-refractivity contribution is -0.0167. The van der Waals surface area contributed by atoms with E-state index in [-0.39, 0.29) is 0 Å². The lowest BCUT2D eigenvalue weighted by Gasteiger charge is -2.28. The number of aromatic nitrogens is 2. The van der Waals surface area contributed by atoms with Crippen molar-refractivity contribution in [2.75, 3.05) is 13.1 Å². The van der Waals surface area contributed by atoms with Gasteiger partial charge in [-0.1, -0.05) is 33.2 Å². The minimum Gasteiger partial charge on any atom is -0.379 e. The molecule has 0 saturated carbocycles. The average molecular weight is 338 g/mol. The summed E-state index contributed by atoms with van der Waals surface area (Å²) in [5.41, 5.74) is 0.0707. The summed E-state index contributed by atoms with van der Waals surface area (Å²) in [5.74, 6) is 0.909. The Morgan fingerprint density at radius 3 is 3.10 bits per heavy atom. The van der Waals surface area contributed by atoms with Crippen molar-refractivity contribution >= 4 is 15.9 Å². The van der Waals surface area contributed by atoms with Crippen molar-refractivity contribution in [3.8, 4) is 0 Å². The van der Waals surface area contributed by atoms with Crippen molar-refractivity contribution in [2.24, 2.45) is 0 Å². The van der Waals surface area contributed by atoms with Crippen LogP contribution in [0.5, 0.6) is 0 Å². The maximum Gasteiger partial charge on any atom is 0.259 e. The highest BCUT2D eigenvalue weighted by Crippen LogP contribution is 2.27. The van der Waals surface area contributed by atoms with Gasteiger partial charge in [-0.2, -0.15) is 4.98 Å². The lowest BCUT2D eigenvalue weighted by atomic mass is 9.94. The summed E-state index contributed by atoms with van der Waals surface area (Å²) in [5, 5.41) is 17.6. The van der Waals surface area contributed by atoms with E-state index >= 15 is 0 Å². The zero-order chi connectivity index (χ0) is 14.0. The Morgan fingerprint density at radius 2 is 2.35 bits per heavy atom. The van der Waals surface area contributed by atoms with Gasteiger partial charge in [0.2, 0.25) is 0 Å². The van der Waals surface area contributed by atoms with Crippen LogP contribution >= 0.6 is 15.9 Å². The summed E-state index contributed by atoms with van der Waals surface area (Å²) >= 11 is 3.44. The molecule has 1 aliphatic rings. The third kappa shape index (κ3) is 2.92. The van der Waals surface area contributed by atoms with Crippen LogP contribution in [-0.2, 0) is 12.0 Å². The molecule has 6 heteroatoms. The maximum atomic E-state index is 10.5. The first-order chi connectivity index (χ1) is 9.66. The molecule has 5 nitrogen and oxygen atoms in total. The Hall–Kier alpha value is -1.24. The molecular weight excluding hydrogens is 322 g/mol. The van der Waals surface area contributed by atoms with Crippen molar-refractivity contribution < 1.29 is 9.63 Å². The fourth-order valence-electron chi connectivity index (χ4n) is 2.42. The number of β-amino-alcohol motifs (C(OH)–C–C–N with tert-alkyl or cyclic N) is 1. The highest BCUT2D eigenvalue weighted by Gasteiger charge is 2.36. The second-order valence-corrected chi connectivity index (χ2v) is 6.05. The Balaban J connectivity index is 1.76. The number of hydrogen-bond donors (Lipinski definition) is 2. The largest absolute Gasteiger partial charge is 0.379 e. The second kappa shape index (κ2) is 5.63. The van der Waals surface area contributed by atoms with Crippen LogP contribution in [0.15, 0.2) is 33.3 Å². The monoisotopic (exact) mass is 337 g/mol. The van der Waals surface area contributed by atoms with Crippen LogP contribution in [0, 0.1) is 0 Å². The van der Waals surface area contributed by atoms with Crippen LogP contribution in [0.4, 0.5) is 0 Å². The van der Waals surface area contributed by atoms with E-state index in [1.54, 1.807) is 0 Å². The van der Waals surface area contributed by atoms with Gasteiger partial charge in [-0.15, -0.1) is 0 Å². The SMILES string of the molecule is OC1(c2nc(Cc3cccc(Br)c3)no2)CCCNC1. The van der Waals surface area contributed by atoms with Crippen LogP contribution in [0.25, 0.3) is 0 Å². The van der Waals surface area contributed by atoms with Gasteiger partial charge in [0.15, 0.2) is 11.4 Å². The van der Waals surface area contributed by atoms with Crippen LogP contribution in [0.1, 0.15) is 30.1 Å². The summed E-state index contributed by atoms with van der Waals surface area (Å²) < 4.78 is 6.27. The molecule has 0 aliphatic carbocycles. The summed E-state index contributed by atoms with van der Waals surface area (Å²) in [6, 6.07) is 7.98. The molecule has 106 valence electrons. The fourth-order valence-corrected chi connectivity index (χ4v) is 2.86. The van der Waals surface area contributed by atoms with Gasteiger partial charge < -0.3 is 14.9 Å². The van der Waals surface area contributed by atoms with Crippen molar-refractivity contribution in [1.29, 1.82) is 0 Å². The number of aliphatic hydroxyl groups is 1. The summed E-state index contributed by atoms with van der Waals surface area (Å²) in [6.45, 7) is 1.38. The minimum absolute atomic E-state index is 0.315. The van der Waals surface area contributed by atoms with Gasteiger partial charge in [0.25, 0.3) is 5.89 Å². The molecule has 20 heavy (non-hydrogen) atoms. The van der Waals surface area contributed by atoms with Crippen LogP contribution in [0.3, 0.4) is 0 Å². The van der Waals surface area contributed by atoms with Gasteiger partial charge in [0.1, 0.15) is 0 Å².